The van der Waals surface area contributed by atoms with Crippen LogP contribution in [0.25, 0.3) is 0 Å². The van der Waals surface area contributed by atoms with Crippen molar-refractivity contribution < 1.29 is 68.4 Å². The van der Waals surface area contributed by atoms with Crippen LogP contribution < -0.4 is 16.1 Å². The number of ether oxygens (including phenoxy) is 2. The van der Waals surface area contributed by atoms with Gasteiger partial charge in [-0.2, -0.15) is 0 Å². The average molecular weight is 962 g/mol. The van der Waals surface area contributed by atoms with Crippen LogP contribution >= 0.6 is 0 Å². The number of fused-ring (bicyclic) bond motifs is 2. The number of hydrogen-bond donors (Lipinski definition) is 7. The number of amides is 6. The first-order chi connectivity index (χ1) is 31.7. The number of ketones is 1. The average Bonchev–Trinajstić information content (AvgIpc) is 3.82. The predicted octanol–water partition coefficient (Wildman–Crippen LogP) is 0.621. The lowest BCUT2D eigenvalue weighted by Gasteiger charge is -2.49. The summed E-state index contributed by atoms with van der Waals surface area (Å²) in [7, 11) is 1.30. The van der Waals surface area contributed by atoms with Crippen molar-refractivity contribution in [3.8, 4) is 0 Å². The Morgan fingerprint density at radius 2 is 1.57 bits per heavy atom. The second kappa shape index (κ2) is 22.7. The maximum Gasteiger partial charge on any atom is 0.331 e. The van der Waals surface area contributed by atoms with Crippen molar-refractivity contribution in [2.75, 3.05) is 20.1 Å². The summed E-state index contributed by atoms with van der Waals surface area (Å²) in [5.74, 6) is -11.5. The number of nitrogens with one attached hydrogen (secondary N) is 3. The molecule has 13 atom stereocenters. The Kier molecular flexibility index (Phi) is 18.7. The first-order valence-corrected chi connectivity index (χ1v) is 23.8. The van der Waals surface area contributed by atoms with Crippen LogP contribution in [0, 0.1) is 17.8 Å². The number of hydroxylamine groups is 2. The highest BCUT2D eigenvalue weighted by Gasteiger charge is 2.59. The number of cyclic esters (lactones) is 1. The van der Waals surface area contributed by atoms with E-state index in [4.69, 9.17) is 9.47 Å². The topological polar surface area (TPSA) is 285 Å². The van der Waals surface area contributed by atoms with E-state index in [2.05, 4.69) is 16.1 Å². The third kappa shape index (κ3) is 11.4. The first kappa shape index (κ1) is 55.8. The van der Waals surface area contributed by atoms with E-state index in [-0.39, 0.29) is 55.5 Å². The number of nitrogens with zero attached hydrogens (tertiary/aromatic N) is 4. The van der Waals surface area contributed by atoms with Crippen molar-refractivity contribution in [2.24, 2.45) is 17.8 Å². The van der Waals surface area contributed by atoms with Gasteiger partial charge in [-0.05, 0) is 103 Å². The Bertz CT molecular complexity index is 1990. The number of likely N-dealkylation sites (N-methyl/N-ethyl adjacent to an activating group) is 1. The van der Waals surface area contributed by atoms with Crippen LogP contribution in [-0.4, -0.2) is 174 Å². The molecule has 6 amide bonds. The molecule has 0 spiro atoms. The molecule has 4 fully saturated rings. The van der Waals surface area contributed by atoms with Gasteiger partial charge in [0.1, 0.15) is 36.3 Å². The van der Waals surface area contributed by atoms with Crippen LogP contribution in [0.3, 0.4) is 0 Å². The standard InChI is InChI=1S/C47H75N7O14/c1-13-25(5)36(56)27(7)23-28(8)38-26(6)19-20-47(65,68-38)46(64,14-2)45(63)50-35-37(24(3)4)67-44(62)34(31(11)55)49-39(57)32-18-16-22-52(32)41(59)29(9)51(12)40(58)30(10)54(66)42(60)33-17-15-21-48-53(33)43(35)61/h13,23-24,26-27,29-35,37-38,48,55,64-66H,14-22H2,1-12H3,(H,49,57)(H,50,63)/b25-13+,28-23+/t26-,27-,29+,30-,31-,32-,33+,34+,35-,37-,38-,46+,47+/m0/s1. The molecule has 7 N–H and O–H groups in total. The summed E-state index contributed by atoms with van der Waals surface area (Å²) >= 11 is 0. The van der Waals surface area contributed by atoms with Gasteiger partial charge in [-0.25, -0.2) is 15.3 Å². The second-order valence-electron chi connectivity index (χ2n) is 19.4. The van der Waals surface area contributed by atoms with Crippen LogP contribution in [0.1, 0.15) is 121 Å². The molecular formula is C47H75N7O14. The zero-order chi connectivity index (χ0) is 51.3. The predicted molar refractivity (Wildman–Crippen MR) is 244 cm³/mol. The van der Waals surface area contributed by atoms with Gasteiger partial charge in [-0.3, -0.25) is 43.8 Å². The number of hydrogen-bond acceptors (Lipinski definition) is 15. The number of esters is 1. The molecule has 0 aromatic carbocycles. The van der Waals surface area contributed by atoms with Gasteiger partial charge in [0.05, 0.1) is 12.2 Å². The maximum absolute atomic E-state index is 15.1. The summed E-state index contributed by atoms with van der Waals surface area (Å²) in [5, 5.41) is 53.0. The van der Waals surface area contributed by atoms with Crippen molar-refractivity contribution in [1.29, 1.82) is 0 Å². The van der Waals surface area contributed by atoms with Gasteiger partial charge in [0.15, 0.2) is 17.4 Å². The molecule has 4 saturated heterocycles. The monoisotopic (exact) mass is 962 g/mol. The Morgan fingerprint density at radius 3 is 2.16 bits per heavy atom. The number of carbonyl (C=O) groups is 8. The number of hydrazine groups is 1. The molecule has 0 aromatic rings. The zero-order valence-corrected chi connectivity index (χ0v) is 41.6. The Morgan fingerprint density at radius 1 is 0.941 bits per heavy atom. The normalized spacial score (nSPS) is 33.1. The maximum atomic E-state index is 15.1. The minimum absolute atomic E-state index is 0.0585. The first-order valence-electron chi connectivity index (χ1n) is 23.8. The summed E-state index contributed by atoms with van der Waals surface area (Å²) in [4.78, 5) is 115. The molecule has 0 aromatic heterocycles. The van der Waals surface area contributed by atoms with Crippen LogP contribution in [0.15, 0.2) is 23.3 Å². The molecule has 4 aliphatic heterocycles. The quantitative estimate of drug-likeness (QED) is 0.0684. The molecule has 68 heavy (non-hydrogen) atoms. The Hall–Kier alpha value is -4.80. The van der Waals surface area contributed by atoms with Crippen molar-refractivity contribution in [1.82, 2.24) is 35.9 Å². The second-order valence-corrected chi connectivity index (χ2v) is 19.4. The lowest BCUT2D eigenvalue weighted by Crippen LogP contribution is -2.71. The lowest BCUT2D eigenvalue weighted by molar-refractivity contribution is -0.325. The van der Waals surface area contributed by atoms with Gasteiger partial charge in [0.2, 0.25) is 23.5 Å². The van der Waals surface area contributed by atoms with E-state index in [0.29, 0.717) is 24.0 Å². The van der Waals surface area contributed by atoms with Gasteiger partial charge in [0, 0.05) is 32.5 Å². The van der Waals surface area contributed by atoms with Crippen LogP contribution in [0.4, 0.5) is 0 Å². The van der Waals surface area contributed by atoms with Gasteiger partial charge in [-0.15, -0.1) is 0 Å². The summed E-state index contributed by atoms with van der Waals surface area (Å²) in [6.45, 7) is 17.3. The van der Waals surface area contributed by atoms with E-state index in [1.165, 1.54) is 39.6 Å². The molecule has 0 aliphatic carbocycles. The number of aliphatic hydroxyl groups is 3. The van der Waals surface area contributed by atoms with Crippen LogP contribution in [0.5, 0.6) is 0 Å². The number of aliphatic hydroxyl groups excluding tert-OH is 1. The summed E-state index contributed by atoms with van der Waals surface area (Å²) in [5.41, 5.74) is 1.15. The summed E-state index contributed by atoms with van der Waals surface area (Å²) in [6, 6.07) is -9.20. The highest BCUT2D eigenvalue weighted by molar-refractivity contribution is 5.98. The van der Waals surface area contributed by atoms with Crippen molar-refractivity contribution >= 4 is 47.2 Å². The molecule has 4 rings (SSSR count). The van der Waals surface area contributed by atoms with Crippen molar-refractivity contribution in [3.63, 3.8) is 0 Å². The van der Waals surface area contributed by atoms with Crippen molar-refractivity contribution in [3.05, 3.63) is 23.3 Å². The van der Waals surface area contributed by atoms with Crippen LogP contribution in [0.2, 0.25) is 0 Å². The molecule has 0 unspecified atom stereocenters. The fourth-order valence-electron chi connectivity index (χ4n) is 9.45. The van der Waals surface area contributed by atoms with E-state index in [9.17, 15) is 54.1 Å². The SMILES string of the molecule is C/C=C(\C)C(=O)[C@@H](C)/C=C(\C)[C@H]1O[C@@](O)([C@@](O)(CC)C(=O)N[C@@H]2C(=O)N3NCCC[C@@H]3C(=O)N(O)[C@@H](C)C(=O)N(C)[C@H](C)C(=O)N3CCC[C@H]3C(=O)N[C@H]([C@H](C)O)C(=O)O[C@H]2C(C)C)CC[C@@H]1C. The van der Waals surface area contributed by atoms with E-state index in [1.807, 2.05) is 6.92 Å². The minimum atomic E-state index is -2.79. The minimum Gasteiger partial charge on any atom is -0.458 e. The zero-order valence-electron chi connectivity index (χ0n) is 41.6. The molecule has 4 aliphatic rings. The molecule has 21 nitrogen and oxygen atoms in total. The van der Waals surface area contributed by atoms with Gasteiger partial charge < -0.3 is 45.2 Å². The Labute approximate surface area is 398 Å². The molecule has 382 valence electrons. The number of Topliss-reactive ketones (excluding diaryl/α,β-unsaturated/α-hetero) is 1. The van der Waals surface area contributed by atoms with Crippen molar-refractivity contribution in [2.45, 2.75) is 187 Å². The fourth-order valence-corrected chi connectivity index (χ4v) is 9.45. The fraction of sp³-hybridized carbons (Fsp3) is 0.745. The van der Waals surface area contributed by atoms with Gasteiger partial charge in [0.25, 0.3) is 17.7 Å². The number of carbonyl (C=O) groups excluding carboxylic acids is 8. The molecule has 0 radical (unpaired) electrons. The largest absolute Gasteiger partial charge is 0.458 e. The van der Waals surface area contributed by atoms with E-state index in [0.717, 1.165) is 9.91 Å². The summed E-state index contributed by atoms with van der Waals surface area (Å²) in [6.07, 6.45) is -0.429. The number of allylic oxidation sites excluding steroid dienone is 3. The van der Waals surface area contributed by atoms with Crippen LogP contribution in [-0.2, 0) is 47.8 Å². The van der Waals surface area contributed by atoms with E-state index in [1.54, 1.807) is 53.7 Å². The molecule has 0 bridgehead atoms. The third-order valence-electron chi connectivity index (χ3n) is 14.2. The Balaban J connectivity index is 1.84. The molecule has 21 heteroatoms. The summed E-state index contributed by atoms with van der Waals surface area (Å²) < 4.78 is 12.2. The third-order valence-corrected chi connectivity index (χ3v) is 14.2. The van der Waals surface area contributed by atoms with E-state index >= 15 is 4.79 Å². The highest BCUT2D eigenvalue weighted by atomic mass is 16.7. The van der Waals surface area contributed by atoms with E-state index < -0.39 is 126 Å². The highest BCUT2D eigenvalue weighted by Crippen LogP contribution is 2.42. The smallest absolute Gasteiger partial charge is 0.331 e. The number of rotatable bonds is 10. The lowest BCUT2D eigenvalue weighted by atomic mass is 9.78. The van der Waals surface area contributed by atoms with Gasteiger partial charge in [-0.1, -0.05) is 46.8 Å². The molecule has 0 saturated carbocycles. The van der Waals surface area contributed by atoms with Gasteiger partial charge >= 0.3 is 5.97 Å². The molecular weight excluding hydrogens is 887 g/mol. The molecule has 4 heterocycles.